The number of methoxy groups -OCH3 is 1. The first-order valence-electron chi connectivity index (χ1n) is 12.2. The molecule has 0 aliphatic carbocycles. The molecular formula is C29H26N4O4S3. The monoisotopic (exact) mass is 590 g/mol. The molecule has 0 saturated carbocycles. The number of carbonyl (C=O) groups is 1. The van der Waals surface area contributed by atoms with Crippen LogP contribution in [0.3, 0.4) is 0 Å². The van der Waals surface area contributed by atoms with E-state index in [2.05, 4.69) is 0 Å². The maximum atomic E-state index is 13.4. The fourth-order valence-corrected chi connectivity index (χ4v) is 6.33. The first-order valence-corrected chi connectivity index (χ1v) is 14.9. The average Bonchev–Trinajstić information content (AvgIpc) is 3.50. The van der Waals surface area contributed by atoms with Gasteiger partial charge in [-0.05, 0) is 48.0 Å². The SMILES string of the molecule is COc1ccc(CN2C(=O)/C(=C/c3cn(-c4ccccc4)nc3-c3cccc(S(=O)(=O)N(C)C)c3)SC2=S)cc1. The molecule has 1 aromatic heterocycles. The van der Waals surface area contributed by atoms with Crippen molar-refractivity contribution in [1.29, 1.82) is 0 Å². The van der Waals surface area contributed by atoms with Gasteiger partial charge in [0.1, 0.15) is 15.8 Å². The summed E-state index contributed by atoms with van der Waals surface area (Å²) in [7, 11) is 0.936. The van der Waals surface area contributed by atoms with E-state index in [-0.39, 0.29) is 10.8 Å². The van der Waals surface area contributed by atoms with Gasteiger partial charge in [-0.2, -0.15) is 5.10 Å². The number of thiocarbonyl (C=S) groups is 1. The van der Waals surface area contributed by atoms with Crippen molar-refractivity contribution in [3.63, 3.8) is 0 Å². The van der Waals surface area contributed by atoms with Crippen LogP contribution in [0.25, 0.3) is 23.0 Å². The maximum Gasteiger partial charge on any atom is 0.266 e. The number of hydrogen-bond acceptors (Lipinski definition) is 7. The van der Waals surface area contributed by atoms with Gasteiger partial charge in [0.15, 0.2) is 0 Å². The van der Waals surface area contributed by atoms with Crippen LogP contribution in [0.15, 0.2) is 94.9 Å². The molecule has 0 spiro atoms. The lowest BCUT2D eigenvalue weighted by Gasteiger charge is -2.14. The van der Waals surface area contributed by atoms with E-state index in [0.29, 0.717) is 32.6 Å². The summed E-state index contributed by atoms with van der Waals surface area (Å²) in [4.78, 5) is 15.6. The van der Waals surface area contributed by atoms with Gasteiger partial charge in [0.25, 0.3) is 5.91 Å². The molecule has 0 N–H and O–H groups in total. The Labute approximate surface area is 242 Å². The van der Waals surface area contributed by atoms with Crippen molar-refractivity contribution in [3.8, 4) is 22.7 Å². The number of nitrogens with zero attached hydrogens (tertiary/aromatic N) is 4. The van der Waals surface area contributed by atoms with E-state index in [0.717, 1.165) is 17.0 Å². The third-order valence-electron chi connectivity index (χ3n) is 6.31. The lowest BCUT2D eigenvalue weighted by molar-refractivity contribution is -0.122. The molecule has 0 unspecified atom stereocenters. The quantitative estimate of drug-likeness (QED) is 0.206. The molecule has 2 heterocycles. The summed E-state index contributed by atoms with van der Waals surface area (Å²) < 4.78 is 34.2. The van der Waals surface area contributed by atoms with Crippen LogP contribution in [0.5, 0.6) is 5.75 Å². The minimum Gasteiger partial charge on any atom is -0.497 e. The van der Waals surface area contributed by atoms with Crippen molar-refractivity contribution in [2.75, 3.05) is 21.2 Å². The molecular weight excluding hydrogens is 565 g/mol. The largest absolute Gasteiger partial charge is 0.497 e. The molecule has 4 aromatic rings. The molecule has 1 amide bonds. The van der Waals surface area contributed by atoms with Crippen molar-refractivity contribution < 1.29 is 17.9 Å². The molecule has 1 aliphatic rings. The number of thioether (sulfide) groups is 1. The van der Waals surface area contributed by atoms with E-state index in [4.69, 9.17) is 22.1 Å². The lowest BCUT2D eigenvalue weighted by Crippen LogP contribution is -2.27. The summed E-state index contributed by atoms with van der Waals surface area (Å²) in [6, 6.07) is 23.7. The van der Waals surface area contributed by atoms with E-state index < -0.39 is 10.0 Å². The summed E-state index contributed by atoms with van der Waals surface area (Å²) in [5.41, 5.74) is 3.56. The van der Waals surface area contributed by atoms with Gasteiger partial charge in [0.05, 0.1) is 29.1 Å². The van der Waals surface area contributed by atoms with Crippen LogP contribution in [-0.2, 0) is 21.4 Å². The summed E-state index contributed by atoms with van der Waals surface area (Å²) in [5, 5.41) is 4.79. The van der Waals surface area contributed by atoms with Crippen LogP contribution in [0.2, 0.25) is 0 Å². The zero-order valence-electron chi connectivity index (χ0n) is 22.0. The third-order valence-corrected chi connectivity index (χ3v) is 9.50. The predicted octanol–water partition coefficient (Wildman–Crippen LogP) is 5.20. The number of carbonyl (C=O) groups excluding carboxylic acids is 1. The molecule has 1 saturated heterocycles. The minimum absolute atomic E-state index is 0.154. The Bertz CT molecular complexity index is 1710. The van der Waals surface area contributed by atoms with Crippen LogP contribution >= 0.6 is 24.0 Å². The Hall–Kier alpha value is -3.77. The number of hydrogen-bond donors (Lipinski definition) is 0. The number of ether oxygens (including phenoxy) is 1. The Balaban J connectivity index is 1.54. The number of para-hydroxylation sites is 1. The molecule has 8 nitrogen and oxygen atoms in total. The number of amides is 1. The van der Waals surface area contributed by atoms with Crippen LogP contribution in [0, 0.1) is 0 Å². The van der Waals surface area contributed by atoms with Gasteiger partial charge < -0.3 is 4.74 Å². The second kappa shape index (κ2) is 11.4. The molecule has 3 aromatic carbocycles. The van der Waals surface area contributed by atoms with Crippen LogP contribution in [0.1, 0.15) is 11.1 Å². The lowest BCUT2D eigenvalue weighted by atomic mass is 10.1. The van der Waals surface area contributed by atoms with E-state index in [1.807, 2.05) is 60.8 Å². The van der Waals surface area contributed by atoms with Gasteiger partial charge in [-0.1, -0.05) is 66.4 Å². The Morgan fingerprint density at radius 1 is 1.02 bits per heavy atom. The highest BCUT2D eigenvalue weighted by Crippen LogP contribution is 2.36. The van der Waals surface area contributed by atoms with Crippen molar-refractivity contribution in [2.24, 2.45) is 0 Å². The highest BCUT2D eigenvalue weighted by molar-refractivity contribution is 8.26. The van der Waals surface area contributed by atoms with Crippen molar-refractivity contribution in [3.05, 3.63) is 101 Å². The van der Waals surface area contributed by atoms with E-state index >= 15 is 0 Å². The third kappa shape index (κ3) is 5.59. The first-order chi connectivity index (χ1) is 19.2. The number of benzene rings is 3. The Kier molecular flexibility index (Phi) is 7.90. The zero-order valence-corrected chi connectivity index (χ0v) is 24.5. The molecule has 40 heavy (non-hydrogen) atoms. The van der Waals surface area contributed by atoms with Crippen LogP contribution in [0.4, 0.5) is 0 Å². The fourth-order valence-electron chi connectivity index (χ4n) is 4.14. The van der Waals surface area contributed by atoms with E-state index in [1.54, 1.807) is 47.0 Å². The molecule has 1 aliphatic heterocycles. The number of aromatic nitrogens is 2. The number of rotatable bonds is 8. The Morgan fingerprint density at radius 3 is 2.42 bits per heavy atom. The van der Waals surface area contributed by atoms with Gasteiger partial charge >= 0.3 is 0 Å². The highest BCUT2D eigenvalue weighted by Gasteiger charge is 2.32. The molecule has 204 valence electrons. The zero-order chi connectivity index (χ0) is 28.4. The molecule has 0 radical (unpaired) electrons. The van der Waals surface area contributed by atoms with Crippen molar-refractivity contribution in [1.82, 2.24) is 19.0 Å². The molecule has 0 atom stereocenters. The van der Waals surface area contributed by atoms with Gasteiger partial charge in [0.2, 0.25) is 10.0 Å². The topological polar surface area (TPSA) is 84.7 Å². The van der Waals surface area contributed by atoms with Crippen molar-refractivity contribution >= 4 is 50.3 Å². The molecule has 11 heteroatoms. The summed E-state index contributed by atoms with van der Waals surface area (Å²) in [6.45, 7) is 0.340. The Morgan fingerprint density at radius 2 is 1.75 bits per heavy atom. The molecule has 1 fully saturated rings. The minimum atomic E-state index is -3.65. The normalized spacial score (nSPS) is 14.9. The van der Waals surface area contributed by atoms with Crippen LogP contribution < -0.4 is 4.74 Å². The average molecular weight is 591 g/mol. The summed E-state index contributed by atoms with van der Waals surface area (Å²) >= 11 is 6.79. The van der Waals surface area contributed by atoms with Gasteiger partial charge in [0, 0.05) is 31.4 Å². The maximum absolute atomic E-state index is 13.4. The summed E-state index contributed by atoms with van der Waals surface area (Å²) in [6.07, 6.45) is 3.59. The van der Waals surface area contributed by atoms with Gasteiger partial charge in [-0.3, -0.25) is 9.69 Å². The van der Waals surface area contributed by atoms with Crippen molar-refractivity contribution in [2.45, 2.75) is 11.4 Å². The van der Waals surface area contributed by atoms with Crippen LogP contribution in [-0.4, -0.2) is 58.8 Å². The van der Waals surface area contributed by atoms with E-state index in [9.17, 15) is 13.2 Å². The first kappa shape index (κ1) is 27.8. The predicted molar refractivity (Wildman–Crippen MR) is 162 cm³/mol. The standard InChI is InChI=1S/C29H26N4O4S3/c1-31(2)40(35,36)25-11-7-8-21(16-25)27-22(19-33(30-27)23-9-5-4-6-10-23)17-26-28(34)32(29(38)39-26)18-20-12-14-24(37-3)15-13-20/h4-17,19H,18H2,1-3H3/b26-17-. The highest BCUT2D eigenvalue weighted by atomic mass is 32.2. The van der Waals surface area contributed by atoms with Gasteiger partial charge in [-0.15, -0.1) is 0 Å². The number of sulfonamides is 1. The van der Waals surface area contributed by atoms with E-state index in [1.165, 1.54) is 30.2 Å². The second-order valence-corrected chi connectivity index (χ2v) is 13.0. The summed E-state index contributed by atoms with van der Waals surface area (Å²) in [5.74, 6) is 0.535. The second-order valence-electron chi connectivity index (χ2n) is 9.14. The molecule has 0 bridgehead atoms. The molecule has 5 rings (SSSR count). The van der Waals surface area contributed by atoms with Gasteiger partial charge in [-0.25, -0.2) is 17.4 Å². The smallest absolute Gasteiger partial charge is 0.266 e. The fraction of sp³-hybridized carbons (Fsp3) is 0.138.